The second kappa shape index (κ2) is 7.07. The van der Waals surface area contributed by atoms with Gasteiger partial charge in [-0.1, -0.05) is 43.6 Å². The SMILES string of the molecule is Cc1nc(C(=O)Nc2ccc(C(C)C)cc2)nn1-c1cccc(Cl)c1. The van der Waals surface area contributed by atoms with Gasteiger partial charge in [0.15, 0.2) is 0 Å². The van der Waals surface area contributed by atoms with Crippen LogP contribution < -0.4 is 5.32 Å². The van der Waals surface area contributed by atoms with Crippen LogP contribution in [0.25, 0.3) is 5.69 Å². The van der Waals surface area contributed by atoms with E-state index in [0.717, 1.165) is 5.69 Å². The number of nitrogens with zero attached hydrogens (tertiary/aromatic N) is 3. The number of nitrogens with one attached hydrogen (secondary N) is 1. The predicted molar refractivity (Wildman–Crippen MR) is 99.6 cm³/mol. The Balaban J connectivity index is 1.80. The predicted octanol–water partition coefficient (Wildman–Crippen LogP) is 4.60. The Kier molecular flexibility index (Phi) is 4.86. The summed E-state index contributed by atoms with van der Waals surface area (Å²) in [5.41, 5.74) is 2.70. The van der Waals surface area contributed by atoms with Crippen molar-refractivity contribution in [3.05, 3.63) is 70.8 Å². The second-order valence-corrected chi connectivity index (χ2v) is 6.54. The lowest BCUT2D eigenvalue weighted by Gasteiger charge is -2.07. The summed E-state index contributed by atoms with van der Waals surface area (Å²) in [6.45, 7) is 6.05. The lowest BCUT2D eigenvalue weighted by atomic mass is 10.0. The van der Waals surface area contributed by atoms with E-state index in [1.807, 2.05) is 36.4 Å². The van der Waals surface area contributed by atoms with Gasteiger partial charge in [-0.15, -0.1) is 5.10 Å². The molecule has 1 aromatic heterocycles. The number of rotatable bonds is 4. The van der Waals surface area contributed by atoms with Crippen molar-refractivity contribution in [2.24, 2.45) is 0 Å². The molecule has 1 N–H and O–H groups in total. The molecule has 25 heavy (non-hydrogen) atoms. The van der Waals surface area contributed by atoms with Crippen LogP contribution in [-0.2, 0) is 0 Å². The summed E-state index contributed by atoms with van der Waals surface area (Å²) in [7, 11) is 0. The first-order chi connectivity index (χ1) is 11.9. The van der Waals surface area contributed by atoms with Gasteiger partial charge in [-0.2, -0.15) is 0 Å². The molecule has 6 heteroatoms. The van der Waals surface area contributed by atoms with Crippen LogP contribution in [0.3, 0.4) is 0 Å². The highest BCUT2D eigenvalue weighted by Gasteiger charge is 2.15. The molecular formula is C19H19ClN4O. The third-order valence-corrected chi connectivity index (χ3v) is 4.10. The number of aryl methyl sites for hydroxylation is 1. The fourth-order valence-electron chi connectivity index (χ4n) is 2.48. The van der Waals surface area contributed by atoms with Gasteiger partial charge in [0, 0.05) is 10.7 Å². The van der Waals surface area contributed by atoms with Gasteiger partial charge in [0.25, 0.3) is 5.91 Å². The van der Waals surface area contributed by atoms with E-state index < -0.39 is 0 Å². The zero-order valence-corrected chi connectivity index (χ0v) is 15.1. The number of aromatic nitrogens is 3. The highest BCUT2D eigenvalue weighted by atomic mass is 35.5. The molecule has 0 aliphatic rings. The van der Waals surface area contributed by atoms with Crippen LogP contribution in [0.4, 0.5) is 5.69 Å². The zero-order valence-electron chi connectivity index (χ0n) is 14.3. The maximum atomic E-state index is 12.4. The van der Waals surface area contributed by atoms with Crippen molar-refractivity contribution in [2.75, 3.05) is 5.32 Å². The van der Waals surface area contributed by atoms with Crippen molar-refractivity contribution in [2.45, 2.75) is 26.7 Å². The number of carbonyl (C=O) groups excluding carboxylic acids is 1. The second-order valence-electron chi connectivity index (χ2n) is 6.11. The van der Waals surface area contributed by atoms with E-state index in [1.54, 1.807) is 23.7 Å². The topological polar surface area (TPSA) is 59.8 Å². The molecule has 1 heterocycles. The summed E-state index contributed by atoms with van der Waals surface area (Å²) in [6.07, 6.45) is 0. The fraction of sp³-hybridized carbons (Fsp3) is 0.211. The van der Waals surface area contributed by atoms with Gasteiger partial charge in [-0.3, -0.25) is 4.79 Å². The largest absolute Gasteiger partial charge is 0.319 e. The number of benzene rings is 2. The number of halogens is 1. The molecule has 3 rings (SSSR count). The molecule has 5 nitrogen and oxygen atoms in total. The molecule has 0 aliphatic carbocycles. The molecule has 2 aromatic carbocycles. The van der Waals surface area contributed by atoms with Gasteiger partial charge < -0.3 is 5.32 Å². The first-order valence-corrected chi connectivity index (χ1v) is 8.43. The standard InChI is InChI=1S/C19H19ClN4O/c1-12(2)14-7-9-16(10-8-14)22-19(25)18-21-13(3)24(23-18)17-6-4-5-15(20)11-17/h4-12H,1-3H3,(H,22,25). The number of hydrogen-bond donors (Lipinski definition) is 1. The Hall–Kier alpha value is -2.66. The summed E-state index contributed by atoms with van der Waals surface area (Å²) in [4.78, 5) is 16.7. The van der Waals surface area contributed by atoms with Gasteiger partial charge in [0.2, 0.25) is 5.82 Å². The summed E-state index contributed by atoms with van der Waals surface area (Å²) in [5, 5.41) is 7.72. The van der Waals surface area contributed by atoms with E-state index in [1.165, 1.54) is 5.56 Å². The molecular weight excluding hydrogens is 336 g/mol. The summed E-state index contributed by atoms with van der Waals surface area (Å²) >= 11 is 6.02. The number of hydrogen-bond acceptors (Lipinski definition) is 3. The van der Waals surface area contributed by atoms with E-state index in [4.69, 9.17) is 11.6 Å². The van der Waals surface area contributed by atoms with Gasteiger partial charge in [-0.05, 0) is 48.7 Å². The van der Waals surface area contributed by atoms with Crippen LogP contribution in [0.2, 0.25) is 5.02 Å². The number of anilines is 1. The molecule has 0 fully saturated rings. The normalized spacial score (nSPS) is 10.9. The van der Waals surface area contributed by atoms with Crippen LogP contribution >= 0.6 is 11.6 Å². The Bertz CT molecular complexity index is 900. The van der Waals surface area contributed by atoms with Gasteiger partial charge in [0.05, 0.1) is 5.69 Å². The lowest BCUT2D eigenvalue weighted by molar-refractivity contribution is 0.101. The quantitative estimate of drug-likeness (QED) is 0.744. The van der Waals surface area contributed by atoms with E-state index in [2.05, 4.69) is 29.2 Å². The molecule has 0 radical (unpaired) electrons. The highest BCUT2D eigenvalue weighted by molar-refractivity contribution is 6.30. The Labute approximate surface area is 151 Å². The van der Waals surface area contributed by atoms with Gasteiger partial charge >= 0.3 is 0 Å². The van der Waals surface area contributed by atoms with E-state index in [-0.39, 0.29) is 11.7 Å². The van der Waals surface area contributed by atoms with Crippen molar-refractivity contribution < 1.29 is 4.79 Å². The molecule has 0 bridgehead atoms. The summed E-state index contributed by atoms with van der Waals surface area (Å²) < 4.78 is 1.60. The van der Waals surface area contributed by atoms with Crippen molar-refractivity contribution in [3.8, 4) is 5.69 Å². The molecule has 128 valence electrons. The smallest absolute Gasteiger partial charge is 0.295 e. The van der Waals surface area contributed by atoms with Crippen molar-refractivity contribution in [1.29, 1.82) is 0 Å². The minimum atomic E-state index is -0.346. The van der Waals surface area contributed by atoms with E-state index in [9.17, 15) is 4.79 Å². The summed E-state index contributed by atoms with van der Waals surface area (Å²) in [6, 6.07) is 15.0. The zero-order chi connectivity index (χ0) is 18.0. The minimum Gasteiger partial charge on any atom is -0.319 e. The average molecular weight is 355 g/mol. The minimum absolute atomic E-state index is 0.116. The molecule has 0 unspecified atom stereocenters. The fourth-order valence-corrected chi connectivity index (χ4v) is 2.66. The number of amides is 1. The van der Waals surface area contributed by atoms with Crippen molar-refractivity contribution in [3.63, 3.8) is 0 Å². The first kappa shape index (κ1) is 17.2. The Morgan fingerprint density at radius 1 is 1.16 bits per heavy atom. The van der Waals surface area contributed by atoms with E-state index >= 15 is 0 Å². The third kappa shape index (κ3) is 3.88. The average Bonchev–Trinajstić information content (AvgIpc) is 2.97. The van der Waals surface area contributed by atoms with Gasteiger partial charge in [-0.25, -0.2) is 9.67 Å². The summed E-state index contributed by atoms with van der Waals surface area (Å²) in [5.74, 6) is 0.830. The number of carbonyl (C=O) groups is 1. The van der Waals surface area contributed by atoms with Gasteiger partial charge in [0.1, 0.15) is 5.82 Å². The Morgan fingerprint density at radius 2 is 1.88 bits per heavy atom. The first-order valence-electron chi connectivity index (χ1n) is 8.05. The van der Waals surface area contributed by atoms with Crippen molar-refractivity contribution in [1.82, 2.24) is 14.8 Å². The molecule has 3 aromatic rings. The van der Waals surface area contributed by atoms with Crippen LogP contribution in [0.15, 0.2) is 48.5 Å². The third-order valence-electron chi connectivity index (χ3n) is 3.86. The van der Waals surface area contributed by atoms with Crippen LogP contribution in [-0.4, -0.2) is 20.7 Å². The molecule has 1 amide bonds. The van der Waals surface area contributed by atoms with E-state index in [0.29, 0.717) is 22.5 Å². The van der Waals surface area contributed by atoms with Crippen LogP contribution in [0, 0.1) is 6.92 Å². The molecule has 0 atom stereocenters. The Morgan fingerprint density at radius 3 is 2.52 bits per heavy atom. The van der Waals surface area contributed by atoms with Crippen LogP contribution in [0.1, 0.15) is 41.8 Å². The van der Waals surface area contributed by atoms with Crippen molar-refractivity contribution >= 4 is 23.2 Å². The molecule has 0 spiro atoms. The maximum Gasteiger partial charge on any atom is 0.295 e. The molecule has 0 aliphatic heterocycles. The highest BCUT2D eigenvalue weighted by Crippen LogP contribution is 2.18. The maximum absolute atomic E-state index is 12.4. The molecule has 0 saturated carbocycles. The lowest BCUT2D eigenvalue weighted by Crippen LogP contribution is -2.14. The molecule has 0 saturated heterocycles. The monoisotopic (exact) mass is 354 g/mol. The van der Waals surface area contributed by atoms with Crippen LogP contribution in [0.5, 0.6) is 0 Å².